The van der Waals surface area contributed by atoms with Crippen LogP contribution < -0.4 is 4.90 Å². The number of aromatic nitrogens is 4. The minimum absolute atomic E-state index is 0.0116. The fourth-order valence-corrected chi connectivity index (χ4v) is 5.14. The highest BCUT2D eigenvalue weighted by molar-refractivity contribution is 5.92. The Kier molecular flexibility index (Phi) is 5.51. The van der Waals surface area contributed by atoms with Crippen LogP contribution in [0.2, 0.25) is 0 Å². The lowest BCUT2D eigenvalue weighted by Gasteiger charge is -2.37. The molecule has 5 rings (SSSR count). The molecule has 1 aliphatic carbocycles. The van der Waals surface area contributed by atoms with Gasteiger partial charge in [0.15, 0.2) is 5.65 Å². The summed E-state index contributed by atoms with van der Waals surface area (Å²) in [5.74, 6) is 2.67. The van der Waals surface area contributed by atoms with Crippen LogP contribution in [0.1, 0.15) is 71.0 Å². The van der Waals surface area contributed by atoms with Crippen LogP contribution in [0.25, 0.3) is 16.6 Å². The normalized spacial score (nSPS) is 18.6. The van der Waals surface area contributed by atoms with E-state index in [-0.39, 0.29) is 11.3 Å². The second kappa shape index (κ2) is 8.34. The molecule has 0 N–H and O–H groups in total. The SMILES string of the molecule is CC(C)(C)CC(=O)N1CCN(c2nc3ccccc3c3nnc(C4CCCCC4)n23)CC1. The number of amides is 1. The molecule has 7 nitrogen and oxygen atoms in total. The highest BCUT2D eigenvalue weighted by Gasteiger charge is 2.29. The predicted molar refractivity (Wildman–Crippen MR) is 127 cm³/mol. The van der Waals surface area contributed by atoms with Gasteiger partial charge in [-0.15, -0.1) is 10.2 Å². The van der Waals surface area contributed by atoms with Crippen molar-refractivity contribution in [2.24, 2.45) is 5.41 Å². The zero-order valence-corrected chi connectivity index (χ0v) is 19.5. The van der Waals surface area contributed by atoms with Gasteiger partial charge in [-0.3, -0.25) is 4.79 Å². The van der Waals surface area contributed by atoms with E-state index < -0.39 is 0 Å². The summed E-state index contributed by atoms with van der Waals surface area (Å²) in [5, 5.41) is 10.4. The molecule has 1 aliphatic heterocycles. The first-order valence-corrected chi connectivity index (χ1v) is 12.1. The first-order chi connectivity index (χ1) is 15.4. The lowest BCUT2D eigenvalue weighted by atomic mass is 9.89. The van der Waals surface area contributed by atoms with E-state index in [4.69, 9.17) is 4.98 Å². The molecule has 0 radical (unpaired) electrons. The number of anilines is 1. The first kappa shape index (κ1) is 21.2. The van der Waals surface area contributed by atoms with Crippen LogP contribution >= 0.6 is 0 Å². The monoisotopic (exact) mass is 434 g/mol. The van der Waals surface area contributed by atoms with Crippen molar-refractivity contribution in [2.75, 3.05) is 31.1 Å². The van der Waals surface area contributed by atoms with Crippen molar-refractivity contribution in [3.8, 4) is 0 Å². The Labute approximate surface area is 189 Å². The van der Waals surface area contributed by atoms with Crippen LogP contribution in [0, 0.1) is 5.41 Å². The Balaban J connectivity index is 1.49. The molecular formula is C25H34N6O. The third-order valence-electron chi connectivity index (χ3n) is 6.82. The van der Waals surface area contributed by atoms with E-state index in [1.54, 1.807) is 0 Å². The number of nitrogens with zero attached hydrogens (tertiary/aromatic N) is 6. The number of carbonyl (C=O) groups excluding carboxylic acids is 1. The summed E-state index contributed by atoms with van der Waals surface area (Å²) < 4.78 is 2.21. The molecule has 0 unspecified atom stereocenters. The molecule has 0 atom stereocenters. The van der Waals surface area contributed by atoms with Gasteiger partial charge in [-0.1, -0.05) is 52.2 Å². The molecule has 0 spiro atoms. The van der Waals surface area contributed by atoms with Crippen molar-refractivity contribution in [2.45, 2.75) is 65.2 Å². The molecule has 1 saturated carbocycles. The standard InChI is InChI=1S/C25H34N6O/c1-25(2,3)17-21(32)29-13-15-30(16-14-29)24-26-20-12-8-7-11-19(20)23-28-27-22(31(23)24)18-9-5-4-6-10-18/h7-8,11-12,18H,4-6,9-10,13-17H2,1-3H3. The van der Waals surface area contributed by atoms with Gasteiger partial charge in [-0.05, 0) is 30.4 Å². The molecule has 1 amide bonds. The van der Waals surface area contributed by atoms with Crippen molar-refractivity contribution in [3.63, 3.8) is 0 Å². The zero-order chi connectivity index (χ0) is 22.3. The van der Waals surface area contributed by atoms with E-state index in [0.29, 0.717) is 12.3 Å². The number of hydrogen-bond donors (Lipinski definition) is 0. The summed E-state index contributed by atoms with van der Waals surface area (Å²) in [6.07, 6.45) is 6.74. The summed E-state index contributed by atoms with van der Waals surface area (Å²) in [5.41, 5.74) is 1.86. The molecule has 2 aromatic heterocycles. The van der Waals surface area contributed by atoms with Crippen LogP contribution in [0.3, 0.4) is 0 Å². The minimum atomic E-state index is 0.0116. The summed E-state index contributed by atoms with van der Waals surface area (Å²) in [6.45, 7) is 9.37. The fourth-order valence-electron chi connectivity index (χ4n) is 5.14. The third kappa shape index (κ3) is 4.05. The van der Waals surface area contributed by atoms with Crippen molar-refractivity contribution in [1.82, 2.24) is 24.5 Å². The topological polar surface area (TPSA) is 66.6 Å². The molecular weight excluding hydrogens is 400 g/mol. The van der Waals surface area contributed by atoms with E-state index in [1.165, 1.54) is 32.1 Å². The quantitative estimate of drug-likeness (QED) is 0.611. The van der Waals surface area contributed by atoms with Crippen molar-refractivity contribution < 1.29 is 4.79 Å². The second-order valence-electron chi connectivity index (χ2n) is 10.6. The average Bonchev–Trinajstić information content (AvgIpc) is 3.24. The molecule has 2 fully saturated rings. The average molecular weight is 435 g/mol. The summed E-state index contributed by atoms with van der Waals surface area (Å²) in [6, 6.07) is 8.20. The van der Waals surface area contributed by atoms with Gasteiger partial charge in [0.2, 0.25) is 11.9 Å². The van der Waals surface area contributed by atoms with E-state index in [9.17, 15) is 4.79 Å². The lowest BCUT2D eigenvalue weighted by Crippen LogP contribution is -2.50. The number of hydrogen-bond acceptors (Lipinski definition) is 5. The maximum absolute atomic E-state index is 12.7. The molecule has 2 aliphatic rings. The fraction of sp³-hybridized carbons (Fsp3) is 0.600. The largest absolute Gasteiger partial charge is 0.339 e. The third-order valence-corrected chi connectivity index (χ3v) is 6.82. The van der Waals surface area contributed by atoms with E-state index in [1.807, 2.05) is 17.0 Å². The summed E-state index contributed by atoms with van der Waals surface area (Å²) in [7, 11) is 0. The number of carbonyl (C=O) groups is 1. The van der Waals surface area contributed by atoms with Gasteiger partial charge in [-0.2, -0.15) is 0 Å². The van der Waals surface area contributed by atoms with Gasteiger partial charge in [0.1, 0.15) is 5.82 Å². The highest BCUT2D eigenvalue weighted by Crippen LogP contribution is 2.34. The van der Waals surface area contributed by atoms with Crippen molar-refractivity contribution in [1.29, 1.82) is 0 Å². The number of piperazine rings is 1. The molecule has 3 aromatic rings. The molecule has 1 saturated heterocycles. The summed E-state index contributed by atoms with van der Waals surface area (Å²) in [4.78, 5) is 22.1. The van der Waals surface area contributed by atoms with Crippen molar-refractivity contribution in [3.05, 3.63) is 30.1 Å². The van der Waals surface area contributed by atoms with E-state index in [0.717, 1.165) is 54.5 Å². The second-order valence-corrected chi connectivity index (χ2v) is 10.6. The van der Waals surface area contributed by atoms with Crippen LogP contribution in [-0.4, -0.2) is 56.6 Å². The number of benzene rings is 1. The van der Waals surface area contributed by atoms with Gasteiger partial charge in [0.25, 0.3) is 0 Å². The lowest BCUT2D eigenvalue weighted by molar-refractivity contribution is -0.133. The van der Waals surface area contributed by atoms with Crippen LogP contribution in [0.4, 0.5) is 5.95 Å². The van der Waals surface area contributed by atoms with Crippen LogP contribution in [-0.2, 0) is 4.79 Å². The Morgan fingerprint density at radius 3 is 2.44 bits per heavy atom. The van der Waals surface area contributed by atoms with Gasteiger partial charge in [0, 0.05) is 43.9 Å². The van der Waals surface area contributed by atoms with E-state index >= 15 is 0 Å². The van der Waals surface area contributed by atoms with Gasteiger partial charge in [-0.25, -0.2) is 9.38 Å². The highest BCUT2D eigenvalue weighted by atomic mass is 16.2. The van der Waals surface area contributed by atoms with E-state index in [2.05, 4.69) is 52.4 Å². The number of rotatable bonds is 3. The zero-order valence-electron chi connectivity index (χ0n) is 19.5. The smallest absolute Gasteiger partial charge is 0.223 e. The Morgan fingerprint density at radius 2 is 1.72 bits per heavy atom. The van der Waals surface area contributed by atoms with Gasteiger partial charge in [0.05, 0.1) is 5.52 Å². The molecule has 3 heterocycles. The number of fused-ring (bicyclic) bond motifs is 3. The molecule has 170 valence electrons. The molecule has 7 heteroatoms. The Bertz CT molecular complexity index is 1120. The first-order valence-electron chi connectivity index (χ1n) is 12.1. The molecule has 1 aromatic carbocycles. The van der Waals surface area contributed by atoms with Crippen LogP contribution in [0.15, 0.2) is 24.3 Å². The van der Waals surface area contributed by atoms with Crippen molar-refractivity contribution >= 4 is 28.4 Å². The Morgan fingerprint density at radius 1 is 1.00 bits per heavy atom. The minimum Gasteiger partial charge on any atom is -0.339 e. The molecule has 0 bridgehead atoms. The van der Waals surface area contributed by atoms with Crippen LogP contribution in [0.5, 0.6) is 0 Å². The van der Waals surface area contributed by atoms with Gasteiger partial charge < -0.3 is 9.80 Å². The summed E-state index contributed by atoms with van der Waals surface area (Å²) >= 11 is 0. The molecule has 32 heavy (non-hydrogen) atoms. The van der Waals surface area contributed by atoms with Gasteiger partial charge >= 0.3 is 0 Å². The Hall–Kier alpha value is -2.70. The maximum Gasteiger partial charge on any atom is 0.223 e. The number of para-hydroxylation sites is 1. The maximum atomic E-state index is 12.7. The predicted octanol–water partition coefficient (Wildman–Crippen LogP) is 4.41.